The molecule has 2 aromatic rings. The maximum absolute atomic E-state index is 13.4. The van der Waals surface area contributed by atoms with Crippen LogP contribution in [0.15, 0.2) is 54.6 Å². The predicted octanol–water partition coefficient (Wildman–Crippen LogP) is 3.25. The zero-order valence-corrected chi connectivity index (χ0v) is 15.3. The van der Waals surface area contributed by atoms with E-state index >= 15 is 0 Å². The van der Waals surface area contributed by atoms with Gasteiger partial charge in [0.05, 0.1) is 6.04 Å². The molecule has 2 unspecified atom stereocenters. The van der Waals surface area contributed by atoms with Crippen molar-refractivity contribution in [2.75, 3.05) is 11.4 Å². The number of rotatable bonds is 6. The summed E-state index contributed by atoms with van der Waals surface area (Å²) in [6.07, 6.45) is 1.93. The molecule has 1 aliphatic heterocycles. The average molecular weight is 369 g/mol. The zero-order chi connectivity index (χ0) is 19.2. The highest BCUT2D eigenvalue weighted by Crippen LogP contribution is 2.22. The van der Waals surface area contributed by atoms with Gasteiger partial charge in [-0.05, 0) is 43.5 Å². The molecule has 2 N–H and O–H groups in total. The summed E-state index contributed by atoms with van der Waals surface area (Å²) in [4.78, 5) is 25.9. The van der Waals surface area contributed by atoms with Crippen LogP contribution in [0.4, 0.5) is 14.9 Å². The maximum atomic E-state index is 13.4. The Morgan fingerprint density at radius 3 is 2.74 bits per heavy atom. The van der Waals surface area contributed by atoms with Crippen LogP contribution in [0.25, 0.3) is 0 Å². The van der Waals surface area contributed by atoms with Crippen LogP contribution in [-0.2, 0) is 11.2 Å². The molecule has 0 spiro atoms. The number of hydrogen-bond donors (Lipinski definition) is 2. The Morgan fingerprint density at radius 2 is 2.00 bits per heavy atom. The van der Waals surface area contributed by atoms with Crippen LogP contribution in [0.1, 0.15) is 25.3 Å². The Bertz CT molecular complexity index is 797. The fourth-order valence-electron chi connectivity index (χ4n) is 3.25. The van der Waals surface area contributed by atoms with Crippen LogP contribution >= 0.6 is 0 Å². The third-order valence-electron chi connectivity index (χ3n) is 4.67. The van der Waals surface area contributed by atoms with Crippen molar-refractivity contribution in [1.82, 2.24) is 10.6 Å². The van der Waals surface area contributed by atoms with Gasteiger partial charge in [0.25, 0.3) is 0 Å². The topological polar surface area (TPSA) is 61.4 Å². The zero-order valence-electron chi connectivity index (χ0n) is 15.3. The first-order valence-corrected chi connectivity index (χ1v) is 9.18. The molecule has 3 rings (SSSR count). The highest BCUT2D eigenvalue weighted by atomic mass is 19.1. The van der Waals surface area contributed by atoms with E-state index in [1.807, 2.05) is 25.1 Å². The second-order valence-corrected chi connectivity index (χ2v) is 6.93. The Labute approximate surface area is 158 Å². The van der Waals surface area contributed by atoms with E-state index in [2.05, 4.69) is 22.8 Å². The first kappa shape index (κ1) is 18.9. The number of carbonyl (C=O) groups is 2. The number of nitrogens with one attached hydrogen (secondary N) is 2. The Hall–Kier alpha value is -2.89. The molecule has 0 saturated carbocycles. The Kier molecular flexibility index (Phi) is 6.06. The summed E-state index contributed by atoms with van der Waals surface area (Å²) >= 11 is 0. The molecule has 1 saturated heterocycles. The van der Waals surface area contributed by atoms with Crippen LogP contribution in [0, 0.1) is 5.82 Å². The van der Waals surface area contributed by atoms with Crippen molar-refractivity contribution in [1.29, 1.82) is 0 Å². The van der Waals surface area contributed by atoms with Crippen molar-refractivity contribution in [3.63, 3.8) is 0 Å². The molecule has 5 nitrogen and oxygen atoms in total. The molecule has 6 heteroatoms. The summed E-state index contributed by atoms with van der Waals surface area (Å²) < 4.78 is 13.4. The van der Waals surface area contributed by atoms with Gasteiger partial charge >= 0.3 is 6.03 Å². The van der Waals surface area contributed by atoms with Crippen molar-refractivity contribution >= 4 is 17.6 Å². The van der Waals surface area contributed by atoms with E-state index in [0.29, 0.717) is 12.2 Å². The second kappa shape index (κ2) is 8.66. The lowest BCUT2D eigenvalue weighted by Gasteiger charge is -2.19. The van der Waals surface area contributed by atoms with Crippen LogP contribution in [-0.4, -0.2) is 30.6 Å². The molecule has 2 aromatic carbocycles. The summed E-state index contributed by atoms with van der Waals surface area (Å²) in [5.41, 5.74) is 1.75. The number of benzene rings is 2. The largest absolute Gasteiger partial charge is 0.336 e. The molecule has 27 heavy (non-hydrogen) atoms. The van der Waals surface area contributed by atoms with Gasteiger partial charge in [-0.1, -0.05) is 36.4 Å². The van der Waals surface area contributed by atoms with Gasteiger partial charge in [0.15, 0.2) is 0 Å². The fourth-order valence-corrected chi connectivity index (χ4v) is 3.25. The van der Waals surface area contributed by atoms with E-state index in [4.69, 9.17) is 0 Å². The summed E-state index contributed by atoms with van der Waals surface area (Å²) in [7, 11) is 0. The van der Waals surface area contributed by atoms with Gasteiger partial charge in [0.1, 0.15) is 5.82 Å². The number of amides is 3. The quantitative estimate of drug-likeness (QED) is 0.821. The number of hydrogen-bond acceptors (Lipinski definition) is 2. The maximum Gasteiger partial charge on any atom is 0.315 e. The van der Waals surface area contributed by atoms with Gasteiger partial charge in [-0.2, -0.15) is 0 Å². The van der Waals surface area contributed by atoms with Crippen molar-refractivity contribution in [3.8, 4) is 0 Å². The first-order valence-electron chi connectivity index (χ1n) is 9.18. The van der Waals surface area contributed by atoms with Gasteiger partial charge in [0, 0.05) is 24.7 Å². The molecule has 2 atom stereocenters. The van der Waals surface area contributed by atoms with Crippen molar-refractivity contribution in [2.45, 2.75) is 38.3 Å². The van der Waals surface area contributed by atoms with E-state index in [-0.39, 0.29) is 36.3 Å². The van der Waals surface area contributed by atoms with E-state index in [9.17, 15) is 14.0 Å². The molecule has 3 amide bonds. The van der Waals surface area contributed by atoms with E-state index < -0.39 is 0 Å². The highest BCUT2D eigenvalue weighted by molar-refractivity contribution is 5.96. The molecule has 0 radical (unpaired) electrons. The van der Waals surface area contributed by atoms with E-state index in [1.165, 1.54) is 22.6 Å². The number of urea groups is 1. The monoisotopic (exact) mass is 369 g/mol. The minimum absolute atomic E-state index is 0.0154. The van der Waals surface area contributed by atoms with Gasteiger partial charge in [-0.3, -0.25) is 4.79 Å². The van der Waals surface area contributed by atoms with E-state index in [1.54, 1.807) is 12.1 Å². The van der Waals surface area contributed by atoms with E-state index in [0.717, 1.165) is 12.8 Å². The third-order valence-corrected chi connectivity index (χ3v) is 4.67. The SMILES string of the molecule is CC(CCc1ccccc1)NC(=O)NC1CC(=O)N(c2cccc(F)c2)C1. The molecule has 142 valence electrons. The smallest absolute Gasteiger partial charge is 0.315 e. The number of aryl methyl sites for hydroxylation is 1. The summed E-state index contributed by atoms with van der Waals surface area (Å²) in [6, 6.07) is 15.5. The Morgan fingerprint density at radius 1 is 1.22 bits per heavy atom. The standard InChI is InChI=1S/C21H24FN3O2/c1-15(10-11-16-6-3-2-4-7-16)23-21(27)24-18-13-20(26)25(14-18)19-9-5-8-17(22)12-19/h2-9,12,15,18H,10-11,13-14H2,1H3,(H2,23,24,27). The predicted molar refractivity (Wildman–Crippen MR) is 103 cm³/mol. The third kappa shape index (κ3) is 5.29. The van der Waals surface area contributed by atoms with Crippen LogP contribution in [0.5, 0.6) is 0 Å². The molecule has 1 heterocycles. The van der Waals surface area contributed by atoms with Gasteiger partial charge < -0.3 is 15.5 Å². The number of nitrogens with zero attached hydrogens (tertiary/aromatic N) is 1. The summed E-state index contributed by atoms with van der Waals surface area (Å²) in [6.45, 7) is 2.30. The molecule has 0 aliphatic carbocycles. The summed E-state index contributed by atoms with van der Waals surface area (Å²) in [5.74, 6) is -0.510. The minimum Gasteiger partial charge on any atom is -0.336 e. The lowest BCUT2D eigenvalue weighted by atomic mass is 10.1. The normalized spacial score (nSPS) is 17.6. The molecular formula is C21H24FN3O2. The number of carbonyl (C=O) groups excluding carboxylic acids is 2. The molecular weight excluding hydrogens is 345 g/mol. The van der Waals surface area contributed by atoms with Crippen LogP contribution < -0.4 is 15.5 Å². The lowest BCUT2D eigenvalue weighted by Crippen LogP contribution is -2.46. The second-order valence-electron chi connectivity index (χ2n) is 6.93. The number of halogens is 1. The minimum atomic E-state index is -0.387. The first-order chi connectivity index (χ1) is 13.0. The van der Waals surface area contributed by atoms with Crippen LogP contribution in [0.3, 0.4) is 0 Å². The van der Waals surface area contributed by atoms with Gasteiger partial charge in [-0.25, -0.2) is 9.18 Å². The molecule has 0 bridgehead atoms. The Balaban J connectivity index is 1.46. The number of anilines is 1. The molecule has 1 aliphatic rings. The molecule has 1 fully saturated rings. The summed E-state index contributed by atoms with van der Waals surface area (Å²) in [5, 5.41) is 5.76. The van der Waals surface area contributed by atoms with Crippen molar-refractivity contribution in [3.05, 3.63) is 66.0 Å². The van der Waals surface area contributed by atoms with Gasteiger partial charge in [0.2, 0.25) is 5.91 Å². The highest BCUT2D eigenvalue weighted by Gasteiger charge is 2.31. The van der Waals surface area contributed by atoms with Gasteiger partial charge in [-0.15, -0.1) is 0 Å². The van der Waals surface area contributed by atoms with Crippen molar-refractivity contribution < 1.29 is 14.0 Å². The lowest BCUT2D eigenvalue weighted by molar-refractivity contribution is -0.117. The van der Waals surface area contributed by atoms with Crippen molar-refractivity contribution in [2.24, 2.45) is 0 Å². The van der Waals surface area contributed by atoms with Crippen LogP contribution in [0.2, 0.25) is 0 Å². The average Bonchev–Trinajstić information content (AvgIpc) is 3.01. The fraction of sp³-hybridized carbons (Fsp3) is 0.333. The molecule has 0 aromatic heterocycles.